The Kier molecular flexibility index (Phi) is 3.03. The molecule has 1 aromatic heterocycles. The van der Waals surface area contributed by atoms with Gasteiger partial charge in [-0.05, 0) is 18.9 Å². The Morgan fingerprint density at radius 1 is 1.22 bits per heavy atom. The Labute approximate surface area is 104 Å². The van der Waals surface area contributed by atoms with Crippen molar-refractivity contribution < 1.29 is 17.9 Å². The second kappa shape index (κ2) is 4.14. The zero-order valence-corrected chi connectivity index (χ0v) is 10.6. The number of ether oxygens (including phenoxy) is 1. The van der Waals surface area contributed by atoms with Crippen LogP contribution in [0, 0.1) is 0 Å². The number of nitrogens with zero attached hydrogens (tertiary/aromatic N) is 1. The molecular formula is C13H16F3NO. The van der Waals surface area contributed by atoms with Gasteiger partial charge in [0.2, 0.25) is 0 Å². The molecule has 0 aliphatic heterocycles. The average molecular weight is 259 g/mol. The van der Waals surface area contributed by atoms with Crippen molar-refractivity contribution in [1.82, 2.24) is 4.98 Å². The molecule has 2 nitrogen and oxygen atoms in total. The Hall–Kier alpha value is -1.26. The van der Waals surface area contributed by atoms with Gasteiger partial charge in [0, 0.05) is 11.1 Å². The van der Waals surface area contributed by atoms with Crippen LogP contribution in [-0.2, 0) is 11.6 Å². The molecule has 1 fully saturated rings. The lowest BCUT2D eigenvalue weighted by Gasteiger charge is -2.21. The number of pyridine rings is 1. The van der Waals surface area contributed by atoms with E-state index in [4.69, 9.17) is 4.74 Å². The van der Waals surface area contributed by atoms with Gasteiger partial charge in [0.1, 0.15) is 11.3 Å². The molecule has 18 heavy (non-hydrogen) atoms. The lowest BCUT2D eigenvalue weighted by atomic mass is 9.90. The van der Waals surface area contributed by atoms with Crippen molar-refractivity contribution in [3.63, 3.8) is 0 Å². The maximum Gasteiger partial charge on any atom is 0.420 e. The number of aromatic nitrogens is 1. The summed E-state index contributed by atoms with van der Waals surface area (Å²) in [5, 5.41) is 0. The zero-order chi connectivity index (χ0) is 13.6. The third-order valence-electron chi connectivity index (χ3n) is 2.76. The van der Waals surface area contributed by atoms with Crippen LogP contribution < -0.4 is 4.74 Å². The highest BCUT2D eigenvalue weighted by atomic mass is 19.4. The summed E-state index contributed by atoms with van der Waals surface area (Å²) in [6, 6.07) is 1.09. The number of rotatable bonds is 2. The highest BCUT2D eigenvalue weighted by Gasteiger charge is 2.37. The third kappa shape index (κ3) is 2.94. The van der Waals surface area contributed by atoms with Crippen molar-refractivity contribution in [1.29, 1.82) is 0 Å². The fourth-order valence-electron chi connectivity index (χ4n) is 1.53. The van der Waals surface area contributed by atoms with E-state index in [1.807, 2.05) is 20.8 Å². The minimum Gasteiger partial charge on any atom is -0.488 e. The number of hydrogen-bond donors (Lipinski definition) is 0. The van der Waals surface area contributed by atoms with Crippen LogP contribution in [0.1, 0.15) is 44.9 Å². The van der Waals surface area contributed by atoms with Crippen LogP contribution in [0.2, 0.25) is 0 Å². The van der Waals surface area contributed by atoms with Gasteiger partial charge in [-0.1, -0.05) is 20.8 Å². The smallest absolute Gasteiger partial charge is 0.420 e. The van der Waals surface area contributed by atoms with Gasteiger partial charge in [-0.25, -0.2) is 0 Å². The van der Waals surface area contributed by atoms with Crippen molar-refractivity contribution >= 4 is 0 Å². The molecule has 0 radical (unpaired) electrons. The van der Waals surface area contributed by atoms with E-state index in [0.717, 1.165) is 18.9 Å². The molecule has 0 N–H and O–H groups in total. The van der Waals surface area contributed by atoms with E-state index in [2.05, 4.69) is 4.98 Å². The number of halogens is 3. The quantitative estimate of drug-likeness (QED) is 0.802. The maximum absolute atomic E-state index is 13.0. The molecule has 0 atom stereocenters. The van der Waals surface area contributed by atoms with Gasteiger partial charge in [0.15, 0.2) is 0 Å². The average Bonchev–Trinajstić information content (AvgIpc) is 2.98. The summed E-state index contributed by atoms with van der Waals surface area (Å²) >= 11 is 0. The molecular weight excluding hydrogens is 243 g/mol. The van der Waals surface area contributed by atoms with E-state index in [0.29, 0.717) is 5.69 Å². The lowest BCUT2D eigenvalue weighted by molar-refractivity contribution is -0.139. The summed E-state index contributed by atoms with van der Waals surface area (Å²) in [4.78, 5) is 4.08. The molecule has 0 amide bonds. The van der Waals surface area contributed by atoms with E-state index in [9.17, 15) is 13.2 Å². The highest BCUT2D eigenvalue weighted by Crippen LogP contribution is 2.40. The van der Waals surface area contributed by atoms with Gasteiger partial charge >= 0.3 is 6.18 Å². The van der Waals surface area contributed by atoms with Crippen LogP contribution in [0.4, 0.5) is 13.2 Å². The van der Waals surface area contributed by atoms with E-state index in [1.54, 1.807) is 0 Å². The standard InChI is InChI=1S/C13H16F3NO/c1-12(2,3)11-6-9(13(14,15)16)10(7-17-11)18-8-4-5-8/h6-8H,4-5H2,1-3H3. The lowest BCUT2D eigenvalue weighted by Crippen LogP contribution is -2.17. The summed E-state index contributed by atoms with van der Waals surface area (Å²) < 4.78 is 44.2. The van der Waals surface area contributed by atoms with Crippen LogP contribution in [-0.4, -0.2) is 11.1 Å². The van der Waals surface area contributed by atoms with Crippen LogP contribution in [0.3, 0.4) is 0 Å². The monoisotopic (exact) mass is 259 g/mol. The number of hydrogen-bond acceptors (Lipinski definition) is 2. The van der Waals surface area contributed by atoms with Gasteiger partial charge in [0.25, 0.3) is 0 Å². The van der Waals surface area contributed by atoms with Crippen LogP contribution in [0.15, 0.2) is 12.3 Å². The first-order valence-corrected chi connectivity index (χ1v) is 5.92. The largest absolute Gasteiger partial charge is 0.488 e. The zero-order valence-electron chi connectivity index (χ0n) is 10.6. The normalized spacial score (nSPS) is 16.8. The molecule has 1 saturated carbocycles. The summed E-state index contributed by atoms with van der Waals surface area (Å²) in [5.74, 6) is -0.155. The molecule has 2 rings (SSSR count). The van der Waals surface area contributed by atoms with E-state index < -0.39 is 17.2 Å². The van der Waals surface area contributed by atoms with Gasteiger partial charge < -0.3 is 4.74 Å². The second-order valence-corrected chi connectivity index (χ2v) is 5.63. The molecule has 0 unspecified atom stereocenters. The van der Waals surface area contributed by atoms with Crippen LogP contribution in [0.25, 0.3) is 0 Å². The minimum atomic E-state index is -4.41. The molecule has 5 heteroatoms. The third-order valence-corrected chi connectivity index (χ3v) is 2.76. The Morgan fingerprint density at radius 3 is 2.28 bits per heavy atom. The first-order chi connectivity index (χ1) is 8.18. The first-order valence-electron chi connectivity index (χ1n) is 5.92. The molecule has 0 saturated heterocycles. The topological polar surface area (TPSA) is 22.1 Å². The summed E-state index contributed by atoms with van der Waals surface area (Å²) in [6.07, 6.45) is -1.65. The molecule has 1 aliphatic rings. The summed E-state index contributed by atoms with van der Waals surface area (Å²) in [7, 11) is 0. The predicted molar refractivity (Wildman–Crippen MR) is 61.6 cm³/mol. The fraction of sp³-hybridized carbons (Fsp3) is 0.615. The number of alkyl halides is 3. The van der Waals surface area contributed by atoms with Crippen LogP contribution >= 0.6 is 0 Å². The summed E-state index contributed by atoms with van der Waals surface area (Å²) in [6.45, 7) is 5.49. The van der Waals surface area contributed by atoms with Gasteiger partial charge in [-0.15, -0.1) is 0 Å². The first kappa shape index (κ1) is 13.2. The fourth-order valence-corrected chi connectivity index (χ4v) is 1.53. The van der Waals surface area contributed by atoms with Gasteiger partial charge in [-0.2, -0.15) is 13.2 Å². The van der Waals surface area contributed by atoms with Crippen molar-refractivity contribution in [3.05, 3.63) is 23.5 Å². The maximum atomic E-state index is 13.0. The molecule has 1 heterocycles. The molecule has 0 spiro atoms. The molecule has 0 aromatic carbocycles. The minimum absolute atomic E-state index is 0.0756. The molecule has 0 bridgehead atoms. The predicted octanol–water partition coefficient (Wildman–Crippen LogP) is 3.94. The molecule has 1 aliphatic carbocycles. The van der Waals surface area contributed by atoms with Crippen molar-refractivity contribution in [2.45, 2.75) is 51.3 Å². The molecule has 1 aromatic rings. The van der Waals surface area contributed by atoms with E-state index in [1.165, 1.54) is 6.20 Å². The van der Waals surface area contributed by atoms with Crippen molar-refractivity contribution in [2.75, 3.05) is 0 Å². The van der Waals surface area contributed by atoms with Crippen LogP contribution in [0.5, 0.6) is 5.75 Å². The second-order valence-electron chi connectivity index (χ2n) is 5.63. The highest BCUT2D eigenvalue weighted by molar-refractivity contribution is 5.37. The SMILES string of the molecule is CC(C)(C)c1cc(C(F)(F)F)c(OC2CC2)cn1. The Bertz CT molecular complexity index is 445. The Balaban J connectivity index is 2.41. The Morgan fingerprint density at radius 2 is 1.83 bits per heavy atom. The van der Waals surface area contributed by atoms with Gasteiger partial charge in [0.05, 0.1) is 12.3 Å². The summed E-state index contributed by atoms with van der Waals surface area (Å²) in [5.41, 5.74) is -0.731. The van der Waals surface area contributed by atoms with E-state index >= 15 is 0 Å². The van der Waals surface area contributed by atoms with E-state index in [-0.39, 0.29) is 11.9 Å². The van der Waals surface area contributed by atoms with Gasteiger partial charge in [-0.3, -0.25) is 4.98 Å². The van der Waals surface area contributed by atoms with Crippen molar-refractivity contribution in [3.8, 4) is 5.75 Å². The molecule has 100 valence electrons. The van der Waals surface area contributed by atoms with Crippen molar-refractivity contribution in [2.24, 2.45) is 0 Å².